The minimum atomic E-state index is -0.154. The fourth-order valence-electron chi connectivity index (χ4n) is 2.71. The number of hydrogen-bond donors (Lipinski definition) is 1. The molecule has 1 atom stereocenters. The van der Waals surface area contributed by atoms with Gasteiger partial charge in [-0.05, 0) is 57.0 Å². The van der Waals surface area contributed by atoms with Crippen LogP contribution in [0.1, 0.15) is 34.2 Å². The van der Waals surface area contributed by atoms with Gasteiger partial charge in [0.1, 0.15) is 5.82 Å². The van der Waals surface area contributed by atoms with E-state index in [-0.39, 0.29) is 5.82 Å². The number of hydrogen-bond acceptors (Lipinski definition) is 3. The van der Waals surface area contributed by atoms with Gasteiger partial charge in [-0.3, -0.25) is 0 Å². The third-order valence-electron chi connectivity index (χ3n) is 3.89. The van der Waals surface area contributed by atoms with Crippen LogP contribution < -0.4 is 5.32 Å². The number of benzene rings is 1. The third kappa shape index (κ3) is 2.63. The number of halogens is 1. The normalized spacial score (nSPS) is 19.2. The molecule has 2 aromatic rings. The zero-order chi connectivity index (χ0) is 14.1. The molecule has 0 radical (unpaired) electrons. The lowest BCUT2D eigenvalue weighted by molar-refractivity contribution is 0.460. The van der Waals surface area contributed by atoms with E-state index in [1.54, 1.807) is 18.3 Å². The van der Waals surface area contributed by atoms with Gasteiger partial charge in [-0.25, -0.2) is 9.37 Å². The summed E-state index contributed by atoms with van der Waals surface area (Å²) in [4.78, 5) is 6.05. The Morgan fingerprint density at radius 1 is 1.35 bits per heavy atom. The van der Waals surface area contributed by atoms with Crippen molar-refractivity contribution in [1.29, 1.82) is 0 Å². The van der Waals surface area contributed by atoms with Gasteiger partial charge < -0.3 is 5.32 Å². The van der Waals surface area contributed by atoms with Crippen LogP contribution in [0, 0.1) is 19.7 Å². The Balaban J connectivity index is 1.93. The van der Waals surface area contributed by atoms with E-state index in [2.05, 4.69) is 12.2 Å². The molecule has 1 aromatic heterocycles. The number of aryl methyl sites for hydroxylation is 2. The summed E-state index contributed by atoms with van der Waals surface area (Å²) < 4.78 is 13.4. The van der Waals surface area contributed by atoms with E-state index in [0.717, 1.165) is 24.3 Å². The Labute approximate surface area is 123 Å². The predicted octanol–water partition coefficient (Wildman–Crippen LogP) is 4.03. The van der Waals surface area contributed by atoms with Gasteiger partial charge in [-0.15, -0.1) is 11.3 Å². The first-order chi connectivity index (χ1) is 9.65. The van der Waals surface area contributed by atoms with Crippen molar-refractivity contribution in [2.75, 3.05) is 13.1 Å². The minimum Gasteiger partial charge on any atom is -0.316 e. The summed E-state index contributed by atoms with van der Waals surface area (Å²) in [6, 6.07) is 5.25. The first kappa shape index (κ1) is 13.7. The summed E-state index contributed by atoms with van der Waals surface area (Å²) in [7, 11) is 0. The molecule has 2 nitrogen and oxygen atoms in total. The van der Waals surface area contributed by atoms with Crippen LogP contribution in [-0.4, -0.2) is 18.1 Å². The lowest BCUT2D eigenvalue weighted by Gasteiger charge is -2.20. The van der Waals surface area contributed by atoms with E-state index in [1.807, 2.05) is 12.1 Å². The molecule has 1 aromatic carbocycles. The number of aromatic nitrogens is 1. The van der Waals surface area contributed by atoms with E-state index in [1.165, 1.54) is 28.8 Å². The quantitative estimate of drug-likeness (QED) is 0.903. The zero-order valence-corrected chi connectivity index (χ0v) is 12.7. The third-order valence-corrected chi connectivity index (χ3v) is 5.02. The Bertz CT molecular complexity index is 615. The molecule has 0 saturated carbocycles. The highest BCUT2D eigenvalue weighted by atomic mass is 32.1. The number of nitrogens with zero attached hydrogens (tertiary/aromatic N) is 1. The largest absolute Gasteiger partial charge is 0.316 e. The molecule has 1 saturated heterocycles. The maximum Gasteiger partial charge on any atom is 0.126 e. The molecule has 2 heterocycles. The van der Waals surface area contributed by atoms with Crippen molar-refractivity contribution in [2.45, 2.75) is 32.6 Å². The summed E-state index contributed by atoms with van der Waals surface area (Å²) in [5.41, 5.74) is 2.71. The topological polar surface area (TPSA) is 24.9 Å². The van der Waals surface area contributed by atoms with Crippen LogP contribution >= 0.6 is 11.3 Å². The van der Waals surface area contributed by atoms with Crippen molar-refractivity contribution in [3.63, 3.8) is 0 Å². The molecule has 0 spiro atoms. The van der Waals surface area contributed by atoms with Gasteiger partial charge in [0, 0.05) is 22.9 Å². The minimum absolute atomic E-state index is 0.154. The summed E-state index contributed by atoms with van der Waals surface area (Å²) in [5, 5.41) is 4.65. The molecule has 1 unspecified atom stereocenters. The van der Waals surface area contributed by atoms with Crippen molar-refractivity contribution < 1.29 is 4.39 Å². The Kier molecular flexibility index (Phi) is 3.85. The fourth-order valence-corrected chi connectivity index (χ4v) is 3.79. The SMILES string of the molecule is Cc1cc(-c2nc(C3CCCNC3)sc2C)ccc1F. The molecule has 1 aliphatic rings. The number of thiazole rings is 1. The molecule has 0 amide bonds. The zero-order valence-electron chi connectivity index (χ0n) is 11.9. The average Bonchev–Trinajstić information content (AvgIpc) is 2.85. The lowest BCUT2D eigenvalue weighted by Crippen LogP contribution is -2.28. The average molecular weight is 290 g/mol. The van der Waals surface area contributed by atoms with Crippen molar-refractivity contribution in [2.24, 2.45) is 0 Å². The molecule has 3 rings (SSSR count). The van der Waals surface area contributed by atoms with Crippen molar-refractivity contribution in [3.05, 3.63) is 39.5 Å². The second-order valence-corrected chi connectivity index (χ2v) is 6.70. The fraction of sp³-hybridized carbons (Fsp3) is 0.438. The van der Waals surface area contributed by atoms with Crippen molar-refractivity contribution in [1.82, 2.24) is 10.3 Å². The smallest absolute Gasteiger partial charge is 0.126 e. The number of nitrogens with one attached hydrogen (secondary N) is 1. The van der Waals surface area contributed by atoms with Crippen LogP contribution in [0.5, 0.6) is 0 Å². The van der Waals surface area contributed by atoms with Gasteiger partial charge in [0.15, 0.2) is 0 Å². The first-order valence-corrected chi connectivity index (χ1v) is 7.91. The summed E-state index contributed by atoms with van der Waals surface area (Å²) >= 11 is 1.78. The molecule has 0 aliphatic carbocycles. The van der Waals surface area contributed by atoms with E-state index >= 15 is 0 Å². The molecule has 106 valence electrons. The van der Waals surface area contributed by atoms with E-state index in [4.69, 9.17) is 4.98 Å². The van der Waals surface area contributed by atoms with E-state index in [9.17, 15) is 4.39 Å². The van der Waals surface area contributed by atoms with Gasteiger partial charge in [0.05, 0.1) is 10.7 Å². The maximum absolute atomic E-state index is 13.4. The molecule has 20 heavy (non-hydrogen) atoms. The van der Waals surface area contributed by atoms with Gasteiger partial charge in [-0.1, -0.05) is 0 Å². The summed E-state index contributed by atoms with van der Waals surface area (Å²) in [5.74, 6) is 0.376. The molecule has 1 aliphatic heterocycles. The highest BCUT2D eigenvalue weighted by Gasteiger charge is 2.20. The highest BCUT2D eigenvalue weighted by molar-refractivity contribution is 7.12. The van der Waals surface area contributed by atoms with Crippen LogP contribution in [0.2, 0.25) is 0 Å². The lowest BCUT2D eigenvalue weighted by atomic mass is 10.0. The van der Waals surface area contributed by atoms with Gasteiger partial charge in [-0.2, -0.15) is 0 Å². The summed E-state index contributed by atoms with van der Waals surface area (Å²) in [6.07, 6.45) is 2.43. The molecule has 1 fully saturated rings. The molecule has 1 N–H and O–H groups in total. The Morgan fingerprint density at radius 2 is 2.20 bits per heavy atom. The van der Waals surface area contributed by atoms with Crippen LogP contribution in [0.25, 0.3) is 11.3 Å². The second kappa shape index (κ2) is 5.62. The summed E-state index contributed by atoms with van der Waals surface area (Å²) in [6.45, 7) is 6.04. The van der Waals surface area contributed by atoms with Crippen molar-refractivity contribution >= 4 is 11.3 Å². The predicted molar refractivity (Wildman–Crippen MR) is 81.8 cm³/mol. The van der Waals surface area contributed by atoms with Crippen LogP contribution in [-0.2, 0) is 0 Å². The van der Waals surface area contributed by atoms with Crippen LogP contribution in [0.3, 0.4) is 0 Å². The number of piperidine rings is 1. The van der Waals surface area contributed by atoms with E-state index in [0.29, 0.717) is 11.5 Å². The van der Waals surface area contributed by atoms with Gasteiger partial charge >= 0.3 is 0 Å². The Morgan fingerprint density at radius 3 is 2.90 bits per heavy atom. The van der Waals surface area contributed by atoms with Gasteiger partial charge in [0.2, 0.25) is 0 Å². The van der Waals surface area contributed by atoms with Gasteiger partial charge in [0.25, 0.3) is 0 Å². The van der Waals surface area contributed by atoms with Crippen LogP contribution in [0.15, 0.2) is 18.2 Å². The number of rotatable bonds is 2. The van der Waals surface area contributed by atoms with Crippen molar-refractivity contribution in [3.8, 4) is 11.3 Å². The second-order valence-electron chi connectivity index (χ2n) is 5.46. The molecular weight excluding hydrogens is 271 g/mol. The maximum atomic E-state index is 13.4. The van der Waals surface area contributed by atoms with Crippen LogP contribution in [0.4, 0.5) is 4.39 Å². The van der Waals surface area contributed by atoms with E-state index < -0.39 is 0 Å². The molecular formula is C16H19FN2S. The first-order valence-electron chi connectivity index (χ1n) is 7.09. The monoisotopic (exact) mass is 290 g/mol. The molecule has 0 bridgehead atoms. The highest BCUT2D eigenvalue weighted by Crippen LogP contribution is 2.34. The molecule has 4 heteroatoms. The Hall–Kier alpha value is -1.26. The standard InChI is InChI=1S/C16H19FN2S/c1-10-8-12(5-6-14(10)17)15-11(2)20-16(19-15)13-4-3-7-18-9-13/h5-6,8,13,18H,3-4,7,9H2,1-2H3.